The van der Waals surface area contributed by atoms with Crippen LogP contribution in [0.4, 0.5) is 0 Å². The third kappa shape index (κ3) is 6.80. The molecule has 10 heteroatoms. The van der Waals surface area contributed by atoms with E-state index in [9.17, 15) is 9.59 Å². The van der Waals surface area contributed by atoms with E-state index in [0.29, 0.717) is 15.8 Å². The first-order valence-corrected chi connectivity index (χ1v) is 9.04. The number of carbonyl (C=O) groups excluding carboxylic acids is 2. The van der Waals surface area contributed by atoms with E-state index >= 15 is 0 Å². The second-order valence-corrected chi connectivity index (χ2v) is 7.05. The minimum Gasteiger partial charge on any atom is -0.484 e. The lowest BCUT2D eigenvalue weighted by Gasteiger charge is -2.11. The molecular weight excluding hydrogens is 465 g/mol. The Morgan fingerprint density at radius 2 is 1.65 bits per heavy atom. The zero-order chi connectivity index (χ0) is 19.1. The number of carbonyl (C=O) groups is 2. The van der Waals surface area contributed by atoms with Gasteiger partial charge in [-0.1, -0.05) is 39.1 Å². The first-order chi connectivity index (χ1) is 12.3. The predicted molar refractivity (Wildman–Crippen MR) is 107 cm³/mol. The number of nitrogens with one attached hydrogen (secondary N) is 3. The Morgan fingerprint density at radius 3 is 2.27 bits per heavy atom. The van der Waals surface area contributed by atoms with Crippen LogP contribution < -0.4 is 20.9 Å². The summed E-state index contributed by atoms with van der Waals surface area (Å²) in [4.78, 5) is 23.8. The third-order valence-electron chi connectivity index (χ3n) is 2.85. The molecule has 2 aromatic carbocycles. The zero-order valence-electron chi connectivity index (χ0n) is 13.0. The number of amides is 2. The van der Waals surface area contributed by atoms with Crippen molar-refractivity contribution in [1.29, 1.82) is 0 Å². The predicted octanol–water partition coefficient (Wildman–Crippen LogP) is 3.47. The molecule has 26 heavy (non-hydrogen) atoms. The van der Waals surface area contributed by atoms with Crippen LogP contribution in [0.15, 0.2) is 46.9 Å². The topological polar surface area (TPSA) is 79.5 Å². The molecule has 0 spiro atoms. The lowest BCUT2D eigenvalue weighted by molar-refractivity contribution is -0.123. The molecule has 0 saturated heterocycles. The number of rotatable bonds is 4. The van der Waals surface area contributed by atoms with Gasteiger partial charge in [-0.3, -0.25) is 25.8 Å². The van der Waals surface area contributed by atoms with Crippen molar-refractivity contribution in [3.8, 4) is 5.75 Å². The van der Waals surface area contributed by atoms with E-state index in [1.54, 1.807) is 24.3 Å². The largest absolute Gasteiger partial charge is 0.484 e. The SMILES string of the molecule is O=C(COc1ccc(Br)cc1)NNC(=S)NC(=O)c1cc(Cl)cc(Cl)c1. The van der Waals surface area contributed by atoms with Crippen LogP contribution in [0.3, 0.4) is 0 Å². The second-order valence-electron chi connectivity index (χ2n) is 4.86. The van der Waals surface area contributed by atoms with E-state index in [1.807, 2.05) is 0 Å². The van der Waals surface area contributed by atoms with Crippen molar-refractivity contribution in [2.75, 3.05) is 6.61 Å². The standard InChI is InChI=1S/C16H12BrCl2N3O3S/c17-10-1-3-13(4-2-10)25-8-14(23)21-22-16(26)20-15(24)9-5-11(18)7-12(19)6-9/h1-7H,8H2,(H,21,23)(H2,20,22,24,26). The highest BCUT2D eigenvalue weighted by Crippen LogP contribution is 2.19. The molecule has 0 aliphatic carbocycles. The van der Waals surface area contributed by atoms with Crippen LogP contribution in [0.1, 0.15) is 10.4 Å². The van der Waals surface area contributed by atoms with Crippen LogP contribution in [-0.2, 0) is 4.79 Å². The van der Waals surface area contributed by atoms with Crippen LogP contribution in [0, 0.1) is 0 Å². The van der Waals surface area contributed by atoms with Gasteiger partial charge in [0.05, 0.1) is 0 Å². The van der Waals surface area contributed by atoms with Gasteiger partial charge in [0, 0.05) is 20.1 Å². The first-order valence-electron chi connectivity index (χ1n) is 7.08. The number of hydrogen-bond acceptors (Lipinski definition) is 4. The summed E-state index contributed by atoms with van der Waals surface area (Å²) < 4.78 is 6.20. The number of hydrazine groups is 1. The van der Waals surface area contributed by atoms with Crippen LogP contribution in [0.2, 0.25) is 10.0 Å². The molecule has 0 atom stereocenters. The van der Waals surface area contributed by atoms with Crippen molar-refractivity contribution in [2.24, 2.45) is 0 Å². The van der Waals surface area contributed by atoms with E-state index in [0.717, 1.165) is 4.47 Å². The van der Waals surface area contributed by atoms with Gasteiger partial charge in [-0.2, -0.15) is 0 Å². The molecule has 0 bridgehead atoms. The van der Waals surface area contributed by atoms with E-state index in [4.69, 9.17) is 40.2 Å². The number of hydrogen-bond donors (Lipinski definition) is 3. The number of thiocarbonyl (C=S) groups is 1. The van der Waals surface area contributed by atoms with Gasteiger partial charge >= 0.3 is 0 Å². The summed E-state index contributed by atoms with van der Waals surface area (Å²) in [6, 6.07) is 11.4. The summed E-state index contributed by atoms with van der Waals surface area (Å²) >= 11 is 19.9. The molecule has 0 radical (unpaired) electrons. The van der Waals surface area contributed by atoms with Gasteiger partial charge in [-0.05, 0) is 54.7 Å². The molecule has 3 N–H and O–H groups in total. The fraction of sp³-hybridized carbons (Fsp3) is 0.0625. The van der Waals surface area contributed by atoms with Crippen molar-refractivity contribution in [1.82, 2.24) is 16.2 Å². The Hall–Kier alpha value is -1.87. The monoisotopic (exact) mass is 475 g/mol. The molecule has 2 rings (SSSR count). The molecule has 0 heterocycles. The highest BCUT2D eigenvalue weighted by Gasteiger charge is 2.10. The van der Waals surface area contributed by atoms with E-state index in [2.05, 4.69) is 32.1 Å². The Bertz CT molecular complexity index is 814. The summed E-state index contributed by atoms with van der Waals surface area (Å²) in [5.41, 5.74) is 4.95. The van der Waals surface area contributed by atoms with E-state index < -0.39 is 11.8 Å². The molecular formula is C16H12BrCl2N3O3S. The van der Waals surface area contributed by atoms with Crippen molar-refractivity contribution >= 4 is 68.3 Å². The zero-order valence-corrected chi connectivity index (χ0v) is 16.9. The van der Waals surface area contributed by atoms with Crippen molar-refractivity contribution in [3.63, 3.8) is 0 Å². The number of benzene rings is 2. The van der Waals surface area contributed by atoms with Gasteiger partial charge in [0.15, 0.2) is 11.7 Å². The quantitative estimate of drug-likeness (QED) is 0.465. The molecule has 0 aliphatic heterocycles. The summed E-state index contributed by atoms with van der Waals surface area (Å²) in [6.07, 6.45) is 0. The fourth-order valence-electron chi connectivity index (χ4n) is 1.73. The van der Waals surface area contributed by atoms with Gasteiger partial charge in [-0.25, -0.2) is 0 Å². The fourth-order valence-corrected chi connectivity index (χ4v) is 2.67. The van der Waals surface area contributed by atoms with Crippen molar-refractivity contribution in [2.45, 2.75) is 0 Å². The minimum atomic E-state index is -0.521. The number of ether oxygens (including phenoxy) is 1. The minimum absolute atomic E-state index is 0.0944. The van der Waals surface area contributed by atoms with Crippen LogP contribution in [0.25, 0.3) is 0 Å². The molecule has 6 nitrogen and oxygen atoms in total. The Balaban J connectivity index is 1.76. The summed E-state index contributed by atoms with van der Waals surface area (Å²) in [6.45, 7) is -0.227. The van der Waals surface area contributed by atoms with E-state index in [1.165, 1.54) is 18.2 Å². The molecule has 0 aromatic heterocycles. The Labute approximate surface area is 173 Å². The highest BCUT2D eigenvalue weighted by molar-refractivity contribution is 9.10. The van der Waals surface area contributed by atoms with Gasteiger partial charge in [0.2, 0.25) is 0 Å². The molecule has 2 amide bonds. The van der Waals surface area contributed by atoms with Gasteiger partial charge in [-0.15, -0.1) is 0 Å². The van der Waals surface area contributed by atoms with Gasteiger partial charge in [0.25, 0.3) is 11.8 Å². The van der Waals surface area contributed by atoms with Gasteiger partial charge < -0.3 is 4.74 Å². The number of halogens is 3. The maximum absolute atomic E-state index is 12.0. The second kappa shape index (κ2) is 9.72. The molecule has 0 aliphatic rings. The average molecular weight is 477 g/mol. The van der Waals surface area contributed by atoms with Crippen LogP contribution >= 0.6 is 51.3 Å². The molecule has 2 aromatic rings. The summed E-state index contributed by atoms with van der Waals surface area (Å²) in [5.74, 6) is -0.459. The highest BCUT2D eigenvalue weighted by atomic mass is 79.9. The van der Waals surface area contributed by atoms with Crippen LogP contribution in [-0.4, -0.2) is 23.5 Å². The Kier molecular flexibility index (Phi) is 7.65. The lowest BCUT2D eigenvalue weighted by atomic mass is 10.2. The van der Waals surface area contributed by atoms with Gasteiger partial charge in [0.1, 0.15) is 5.75 Å². The molecule has 0 saturated carbocycles. The Morgan fingerprint density at radius 1 is 1.04 bits per heavy atom. The smallest absolute Gasteiger partial charge is 0.276 e. The van der Waals surface area contributed by atoms with Crippen LogP contribution in [0.5, 0.6) is 5.75 Å². The molecule has 136 valence electrons. The summed E-state index contributed by atoms with van der Waals surface area (Å²) in [5, 5.41) is 2.93. The normalized spacial score (nSPS) is 9.96. The molecule has 0 unspecified atom stereocenters. The maximum Gasteiger partial charge on any atom is 0.276 e. The lowest BCUT2D eigenvalue weighted by Crippen LogP contribution is -2.49. The summed E-state index contributed by atoms with van der Waals surface area (Å²) in [7, 11) is 0. The molecule has 0 fully saturated rings. The van der Waals surface area contributed by atoms with Crippen molar-refractivity contribution < 1.29 is 14.3 Å². The van der Waals surface area contributed by atoms with Crippen molar-refractivity contribution in [3.05, 3.63) is 62.5 Å². The average Bonchev–Trinajstić information content (AvgIpc) is 2.58. The first kappa shape index (κ1) is 20.4. The maximum atomic E-state index is 12.0. The van der Waals surface area contributed by atoms with E-state index in [-0.39, 0.29) is 17.3 Å². The third-order valence-corrected chi connectivity index (χ3v) is 4.02.